The predicted octanol–water partition coefficient (Wildman–Crippen LogP) is 1.16. The Labute approximate surface area is 142 Å². The number of nitrogens with zero attached hydrogens (tertiary/aromatic N) is 3. The van der Waals surface area contributed by atoms with Crippen LogP contribution >= 0.6 is 0 Å². The number of aromatic nitrogens is 2. The van der Waals surface area contributed by atoms with E-state index in [2.05, 4.69) is 5.10 Å². The second-order valence-corrected chi connectivity index (χ2v) is 8.75. The molecule has 0 bridgehead atoms. The van der Waals surface area contributed by atoms with Gasteiger partial charge < -0.3 is 9.64 Å². The van der Waals surface area contributed by atoms with Crippen LogP contribution in [-0.2, 0) is 25.9 Å². The van der Waals surface area contributed by atoms with Crippen LogP contribution in [0.25, 0.3) is 0 Å². The van der Waals surface area contributed by atoms with Crippen LogP contribution in [0, 0.1) is 0 Å². The van der Waals surface area contributed by atoms with E-state index in [1.54, 1.807) is 15.8 Å². The Bertz CT molecular complexity index is 700. The number of aryl methyl sites for hydroxylation is 1. The van der Waals surface area contributed by atoms with Crippen molar-refractivity contribution < 1.29 is 17.9 Å². The highest BCUT2D eigenvalue weighted by atomic mass is 32.2. The second-order valence-electron chi connectivity index (χ2n) is 6.52. The number of carbonyl (C=O) groups excluding carboxylic acids is 1. The van der Waals surface area contributed by atoms with E-state index >= 15 is 0 Å². The molecule has 2 aliphatic rings. The molecule has 134 valence electrons. The number of rotatable bonds is 4. The molecule has 0 radical (unpaired) electrons. The van der Waals surface area contributed by atoms with E-state index in [9.17, 15) is 13.2 Å². The minimum Gasteiger partial charge on any atom is -0.365 e. The molecule has 0 N–H and O–H groups in total. The Kier molecular flexibility index (Phi) is 4.96. The second kappa shape index (κ2) is 6.84. The summed E-state index contributed by atoms with van der Waals surface area (Å²) in [5.74, 6) is -0.116. The smallest absolute Gasteiger partial charge is 0.252 e. The first-order chi connectivity index (χ1) is 11.4. The van der Waals surface area contributed by atoms with Crippen molar-refractivity contribution in [1.82, 2.24) is 14.7 Å². The molecule has 1 aromatic heterocycles. The summed E-state index contributed by atoms with van der Waals surface area (Å²) in [6.07, 6.45) is 5.67. The highest BCUT2D eigenvalue weighted by Gasteiger charge is 2.40. The van der Waals surface area contributed by atoms with Crippen LogP contribution in [0.15, 0.2) is 12.4 Å². The lowest BCUT2D eigenvalue weighted by Gasteiger charge is -2.36. The number of sulfone groups is 1. The molecule has 0 saturated carbocycles. The van der Waals surface area contributed by atoms with E-state index < -0.39 is 22.0 Å². The van der Waals surface area contributed by atoms with Crippen LogP contribution in [0.1, 0.15) is 44.7 Å². The summed E-state index contributed by atoms with van der Waals surface area (Å²) in [7, 11) is -3.15. The molecule has 8 heteroatoms. The van der Waals surface area contributed by atoms with E-state index in [1.807, 2.05) is 20.0 Å². The summed E-state index contributed by atoms with van der Waals surface area (Å²) in [6, 6.07) is -0.471. The van der Waals surface area contributed by atoms with Gasteiger partial charge in [-0.15, -0.1) is 0 Å². The van der Waals surface area contributed by atoms with E-state index in [1.165, 1.54) is 0 Å². The van der Waals surface area contributed by atoms with Gasteiger partial charge in [0.2, 0.25) is 0 Å². The van der Waals surface area contributed by atoms with E-state index in [4.69, 9.17) is 4.74 Å². The molecule has 3 heterocycles. The third-order valence-electron chi connectivity index (χ3n) is 4.91. The Morgan fingerprint density at radius 1 is 1.38 bits per heavy atom. The third-order valence-corrected chi connectivity index (χ3v) is 6.54. The molecule has 3 atom stereocenters. The van der Waals surface area contributed by atoms with Crippen LogP contribution in [0.5, 0.6) is 0 Å². The molecule has 0 aliphatic carbocycles. The summed E-state index contributed by atoms with van der Waals surface area (Å²) in [5.41, 5.74) is 0.776. The van der Waals surface area contributed by atoms with Crippen molar-refractivity contribution in [2.24, 2.45) is 0 Å². The van der Waals surface area contributed by atoms with Crippen molar-refractivity contribution in [3.05, 3.63) is 18.0 Å². The van der Waals surface area contributed by atoms with Crippen LogP contribution < -0.4 is 0 Å². The van der Waals surface area contributed by atoms with Gasteiger partial charge in [-0.3, -0.25) is 9.48 Å². The zero-order valence-corrected chi connectivity index (χ0v) is 15.0. The highest BCUT2D eigenvalue weighted by molar-refractivity contribution is 7.91. The lowest BCUT2D eigenvalue weighted by atomic mass is 10.1. The molecule has 2 fully saturated rings. The molecule has 0 spiro atoms. The van der Waals surface area contributed by atoms with Crippen molar-refractivity contribution in [2.45, 2.75) is 57.9 Å². The minimum atomic E-state index is -3.15. The number of amides is 1. The number of carbonyl (C=O) groups is 1. The van der Waals surface area contributed by atoms with E-state index in [-0.39, 0.29) is 30.1 Å². The topological polar surface area (TPSA) is 81.5 Å². The average molecular weight is 355 g/mol. The Balaban J connectivity index is 1.82. The average Bonchev–Trinajstić information content (AvgIpc) is 3.22. The van der Waals surface area contributed by atoms with E-state index in [0.29, 0.717) is 13.0 Å². The van der Waals surface area contributed by atoms with Gasteiger partial charge >= 0.3 is 0 Å². The molecule has 7 nitrogen and oxygen atoms in total. The van der Waals surface area contributed by atoms with Crippen molar-refractivity contribution in [1.29, 1.82) is 0 Å². The maximum Gasteiger partial charge on any atom is 0.252 e. The van der Waals surface area contributed by atoms with Crippen molar-refractivity contribution in [3.63, 3.8) is 0 Å². The Hall–Kier alpha value is -1.41. The van der Waals surface area contributed by atoms with Gasteiger partial charge in [0.1, 0.15) is 6.10 Å². The number of ether oxygens (including phenoxy) is 1. The molecule has 0 aromatic carbocycles. The fraction of sp³-hybridized carbons (Fsp3) is 0.750. The van der Waals surface area contributed by atoms with Crippen molar-refractivity contribution in [2.75, 3.05) is 18.1 Å². The van der Waals surface area contributed by atoms with Gasteiger partial charge in [-0.1, -0.05) is 6.92 Å². The van der Waals surface area contributed by atoms with Gasteiger partial charge in [0, 0.05) is 24.8 Å². The summed E-state index contributed by atoms with van der Waals surface area (Å²) >= 11 is 0. The molecule has 1 aromatic rings. The molecular weight excluding hydrogens is 330 g/mol. The zero-order valence-electron chi connectivity index (χ0n) is 14.2. The number of hydrogen-bond donors (Lipinski definition) is 0. The summed E-state index contributed by atoms with van der Waals surface area (Å²) in [6.45, 7) is 4.94. The molecular formula is C16H25N3O4S. The highest BCUT2D eigenvalue weighted by Crippen LogP contribution is 2.30. The first-order valence-corrected chi connectivity index (χ1v) is 10.4. The summed E-state index contributed by atoms with van der Waals surface area (Å²) in [5, 5.41) is 4.23. The number of hydrogen-bond acceptors (Lipinski definition) is 5. The maximum absolute atomic E-state index is 12.9. The fourth-order valence-corrected chi connectivity index (χ4v) is 4.94. The summed E-state index contributed by atoms with van der Waals surface area (Å²) in [4.78, 5) is 14.6. The molecule has 0 unspecified atom stereocenters. The zero-order chi connectivity index (χ0) is 17.3. The molecule has 2 saturated heterocycles. The van der Waals surface area contributed by atoms with Gasteiger partial charge in [0.15, 0.2) is 9.84 Å². The lowest BCUT2D eigenvalue weighted by molar-refractivity contribution is -0.145. The first-order valence-electron chi connectivity index (χ1n) is 8.62. The standard InChI is InChI=1S/C16H25N3O4S/c1-3-13-5-6-15(23-13)16(20)19-7-8-24(21,22)11-14(19)12-9-17-18(4-2)10-12/h9-10,13-15H,3-8,11H2,1-2H3/t13-,14-,15-/m1/s1. The van der Waals surface area contributed by atoms with Crippen molar-refractivity contribution >= 4 is 15.7 Å². The third kappa shape index (κ3) is 3.49. The maximum atomic E-state index is 12.9. The van der Waals surface area contributed by atoms with Gasteiger partial charge in [-0.2, -0.15) is 5.10 Å². The Morgan fingerprint density at radius 2 is 2.17 bits per heavy atom. The lowest BCUT2D eigenvalue weighted by Crippen LogP contribution is -2.49. The van der Waals surface area contributed by atoms with Crippen molar-refractivity contribution in [3.8, 4) is 0 Å². The minimum absolute atomic E-state index is 0.0150. The van der Waals surface area contributed by atoms with Crippen LogP contribution in [0.3, 0.4) is 0 Å². The normalized spacial score (nSPS) is 29.8. The van der Waals surface area contributed by atoms with Gasteiger partial charge in [0.05, 0.1) is 29.8 Å². The monoisotopic (exact) mass is 355 g/mol. The fourth-order valence-electron chi connectivity index (χ4n) is 3.44. The van der Waals surface area contributed by atoms with Gasteiger partial charge in [0.25, 0.3) is 5.91 Å². The molecule has 1 amide bonds. The molecule has 3 rings (SSSR count). The summed E-state index contributed by atoms with van der Waals surface area (Å²) < 4.78 is 31.8. The Morgan fingerprint density at radius 3 is 2.79 bits per heavy atom. The largest absolute Gasteiger partial charge is 0.365 e. The van der Waals surface area contributed by atoms with Gasteiger partial charge in [-0.25, -0.2) is 8.42 Å². The SMILES string of the molecule is CC[C@@H]1CC[C@H](C(=O)N2CCS(=O)(=O)C[C@@H]2c2cnn(CC)c2)O1. The molecule has 24 heavy (non-hydrogen) atoms. The predicted molar refractivity (Wildman–Crippen MR) is 89.2 cm³/mol. The first kappa shape index (κ1) is 17.4. The molecule has 2 aliphatic heterocycles. The van der Waals surface area contributed by atoms with Gasteiger partial charge in [-0.05, 0) is 26.2 Å². The van der Waals surface area contributed by atoms with Crippen LogP contribution in [0.4, 0.5) is 0 Å². The van der Waals surface area contributed by atoms with Crippen LogP contribution in [-0.4, -0.2) is 59.3 Å². The van der Waals surface area contributed by atoms with E-state index in [0.717, 1.165) is 18.4 Å². The quantitative estimate of drug-likeness (QED) is 0.809. The van der Waals surface area contributed by atoms with Crippen LogP contribution in [0.2, 0.25) is 0 Å².